The fourth-order valence-electron chi connectivity index (χ4n) is 2.77. The van der Waals surface area contributed by atoms with E-state index in [1.54, 1.807) is 22.8 Å². The molecule has 1 aromatic heterocycles. The molecule has 0 bridgehead atoms. The molecule has 1 aliphatic heterocycles. The van der Waals surface area contributed by atoms with Crippen molar-refractivity contribution in [1.82, 2.24) is 9.80 Å². The average molecular weight is 328 g/mol. The third-order valence-electron chi connectivity index (χ3n) is 4.04. The van der Waals surface area contributed by atoms with E-state index in [4.69, 9.17) is 9.15 Å². The van der Waals surface area contributed by atoms with Gasteiger partial charge in [0.1, 0.15) is 0 Å². The highest BCUT2D eigenvalue weighted by Crippen LogP contribution is 2.26. The molecular weight excluding hydrogens is 308 g/mol. The van der Waals surface area contributed by atoms with Crippen LogP contribution in [0.2, 0.25) is 0 Å². The molecule has 2 amide bonds. The summed E-state index contributed by atoms with van der Waals surface area (Å²) in [5.41, 5.74) is 1.73. The number of carbonyl (C=O) groups is 2. The van der Waals surface area contributed by atoms with E-state index in [-0.39, 0.29) is 12.0 Å². The third kappa shape index (κ3) is 3.27. The van der Waals surface area contributed by atoms with Crippen LogP contribution in [0.1, 0.15) is 17.5 Å². The molecule has 6 heteroatoms. The minimum Gasteiger partial charge on any atom is -0.459 e. The number of hydrogen-bond acceptors (Lipinski definition) is 4. The fourth-order valence-corrected chi connectivity index (χ4v) is 2.77. The van der Waals surface area contributed by atoms with E-state index in [0.29, 0.717) is 38.5 Å². The van der Waals surface area contributed by atoms with Crippen molar-refractivity contribution in [2.45, 2.75) is 6.92 Å². The van der Waals surface area contributed by atoms with Crippen molar-refractivity contribution >= 4 is 12.0 Å². The number of benzene rings is 1. The normalized spacial score (nSPS) is 14.5. The Balaban J connectivity index is 1.69. The van der Waals surface area contributed by atoms with Gasteiger partial charge in [0, 0.05) is 31.7 Å². The van der Waals surface area contributed by atoms with Gasteiger partial charge in [-0.1, -0.05) is 30.3 Å². The molecule has 3 rings (SSSR count). The summed E-state index contributed by atoms with van der Waals surface area (Å²) in [4.78, 5) is 27.8. The van der Waals surface area contributed by atoms with Crippen LogP contribution in [0.4, 0.5) is 4.79 Å². The summed E-state index contributed by atoms with van der Waals surface area (Å²) in [6.07, 6.45) is 1.21. The van der Waals surface area contributed by atoms with Gasteiger partial charge >= 0.3 is 6.09 Å². The van der Waals surface area contributed by atoms with Crippen molar-refractivity contribution in [2.24, 2.45) is 0 Å². The molecule has 0 atom stereocenters. The first-order valence-electron chi connectivity index (χ1n) is 8.04. The number of nitrogens with zero attached hydrogens (tertiary/aromatic N) is 2. The molecule has 1 aliphatic rings. The Morgan fingerprint density at radius 3 is 2.38 bits per heavy atom. The second kappa shape index (κ2) is 7.21. The van der Waals surface area contributed by atoms with E-state index >= 15 is 0 Å². The average Bonchev–Trinajstić information content (AvgIpc) is 3.12. The number of furan rings is 1. The lowest BCUT2D eigenvalue weighted by atomic mass is 10.1. The van der Waals surface area contributed by atoms with Crippen molar-refractivity contribution in [3.05, 3.63) is 48.4 Å². The summed E-state index contributed by atoms with van der Waals surface area (Å²) in [6, 6.07) is 11.5. The highest BCUT2D eigenvalue weighted by molar-refractivity contribution is 5.98. The zero-order valence-electron chi connectivity index (χ0n) is 13.6. The third-order valence-corrected chi connectivity index (χ3v) is 4.04. The molecule has 24 heavy (non-hydrogen) atoms. The van der Waals surface area contributed by atoms with Crippen LogP contribution in [-0.2, 0) is 4.74 Å². The molecule has 0 spiro atoms. The van der Waals surface area contributed by atoms with Gasteiger partial charge in [0.2, 0.25) is 0 Å². The van der Waals surface area contributed by atoms with E-state index in [9.17, 15) is 9.59 Å². The number of amides is 2. The molecule has 1 aromatic carbocycles. The van der Waals surface area contributed by atoms with Crippen molar-refractivity contribution in [3.63, 3.8) is 0 Å². The quantitative estimate of drug-likeness (QED) is 0.869. The van der Waals surface area contributed by atoms with Gasteiger partial charge in [-0.15, -0.1) is 0 Å². The molecule has 1 saturated heterocycles. The number of hydrogen-bond donors (Lipinski definition) is 0. The fraction of sp³-hybridized carbons (Fsp3) is 0.333. The first-order chi connectivity index (χ1) is 11.7. The summed E-state index contributed by atoms with van der Waals surface area (Å²) in [5, 5.41) is 0. The van der Waals surface area contributed by atoms with E-state index in [0.717, 1.165) is 11.1 Å². The largest absolute Gasteiger partial charge is 0.459 e. The van der Waals surface area contributed by atoms with Crippen LogP contribution in [0.3, 0.4) is 0 Å². The predicted octanol–water partition coefficient (Wildman–Crippen LogP) is 2.86. The van der Waals surface area contributed by atoms with E-state index in [1.807, 2.05) is 30.3 Å². The molecule has 0 N–H and O–H groups in total. The van der Waals surface area contributed by atoms with Crippen LogP contribution in [-0.4, -0.2) is 54.6 Å². The highest BCUT2D eigenvalue weighted by Gasteiger charge is 2.28. The number of carbonyl (C=O) groups excluding carboxylic acids is 2. The van der Waals surface area contributed by atoms with Gasteiger partial charge in [0.05, 0.1) is 12.9 Å². The van der Waals surface area contributed by atoms with Crippen LogP contribution >= 0.6 is 0 Å². The molecule has 2 aromatic rings. The van der Waals surface area contributed by atoms with E-state index < -0.39 is 0 Å². The minimum atomic E-state index is -0.326. The summed E-state index contributed by atoms with van der Waals surface area (Å²) >= 11 is 0. The number of piperazine rings is 1. The Morgan fingerprint density at radius 1 is 1.04 bits per heavy atom. The Labute approximate surface area is 140 Å². The van der Waals surface area contributed by atoms with Crippen LogP contribution in [0, 0.1) is 0 Å². The highest BCUT2D eigenvalue weighted by atomic mass is 16.6. The molecule has 2 heterocycles. The predicted molar refractivity (Wildman–Crippen MR) is 88.6 cm³/mol. The van der Waals surface area contributed by atoms with Gasteiger partial charge in [0.25, 0.3) is 5.91 Å². The summed E-state index contributed by atoms with van der Waals surface area (Å²) in [7, 11) is 0. The van der Waals surface area contributed by atoms with E-state index in [2.05, 4.69) is 0 Å². The Bertz CT molecular complexity index is 703. The number of rotatable bonds is 3. The number of ether oxygens (including phenoxy) is 1. The van der Waals surface area contributed by atoms with Crippen LogP contribution in [0.5, 0.6) is 0 Å². The lowest BCUT2D eigenvalue weighted by Gasteiger charge is -2.33. The van der Waals surface area contributed by atoms with Gasteiger partial charge in [0.15, 0.2) is 5.76 Å². The van der Waals surface area contributed by atoms with Crippen molar-refractivity contribution in [2.75, 3.05) is 32.8 Å². The first-order valence-corrected chi connectivity index (χ1v) is 8.04. The monoisotopic (exact) mass is 328 g/mol. The van der Waals surface area contributed by atoms with Gasteiger partial charge in [-0.05, 0) is 18.6 Å². The molecule has 126 valence electrons. The molecule has 1 fully saturated rings. The van der Waals surface area contributed by atoms with Gasteiger partial charge in [-0.3, -0.25) is 4.79 Å². The second-order valence-corrected chi connectivity index (χ2v) is 5.51. The standard InChI is InChI=1S/C18H20N2O4/c1-2-23-18(22)20-11-9-19(10-12-20)17(21)16-15(8-13-24-16)14-6-4-3-5-7-14/h3-8,13H,2,9-12H2,1H3. The van der Waals surface area contributed by atoms with Crippen LogP contribution in [0.25, 0.3) is 11.1 Å². The zero-order valence-corrected chi connectivity index (χ0v) is 13.6. The Morgan fingerprint density at radius 2 is 1.71 bits per heavy atom. The molecule has 0 saturated carbocycles. The lowest BCUT2D eigenvalue weighted by Crippen LogP contribution is -2.50. The molecular formula is C18H20N2O4. The Hall–Kier alpha value is -2.76. The van der Waals surface area contributed by atoms with Crippen LogP contribution in [0.15, 0.2) is 47.1 Å². The molecule has 0 aliphatic carbocycles. The van der Waals surface area contributed by atoms with Crippen molar-refractivity contribution in [3.8, 4) is 11.1 Å². The van der Waals surface area contributed by atoms with Gasteiger partial charge in [-0.2, -0.15) is 0 Å². The van der Waals surface area contributed by atoms with Crippen molar-refractivity contribution < 1.29 is 18.7 Å². The lowest BCUT2D eigenvalue weighted by molar-refractivity contribution is 0.0547. The second-order valence-electron chi connectivity index (χ2n) is 5.51. The molecule has 0 unspecified atom stereocenters. The van der Waals surface area contributed by atoms with E-state index in [1.165, 1.54) is 6.26 Å². The topological polar surface area (TPSA) is 63.0 Å². The maximum absolute atomic E-state index is 12.8. The summed E-state index contributed by atoms with van der Waals surface area (Å²) in [6.45, 7) is 3.99. The SMILES string of the molecule is CCOC(=O)N1CCN(C(=O)c2occc2-c2ccccc2)CC1. The minimum absolute atomic E-state index is 0.151. The van der Waals surface area contributed by atoms with Gasteiger partial charge in [-0.25, -0.2) is 4.79 Å². The summed E-state index contributed by atoms with van der Waals surface area (Å²) in [5.74, 6) is 0.188. The smallest absolute Gasteiger partial charge is 0.409 e. The first kappa shape index (κ1) is 16.1. The van der Waals surface area contributed by atoms with Gasteiger partial charge < -0.3 is 19.0 Å². The molecule has 6 nitrogen and oxygen atoms in total. The maximum Gasteiger partial charge on any atom is 0.409 e. The summed E-state index contributed by atoms with van der Waals surface area (Å²) < 4.78 is 10.4. The molecule has 0 radical (unpaired) electrons. The Kier molecular flexibility index (Phi) is 4.84. The maximum atomic E-state index is 12.8. The van der Waals surface area contributed by atoms with Crippen molar-refractivity contribution in [1.29, 1.82) is 0 Å². The van der Waals surface area contributed by atoms with Crippen LogP contribution < -0.4 is 0 Å². The zero-order chi connectivity index (χ0) is 16.9.